The molecule has 0 aliphatic heterocycles. The number of hydrogen-bond donors (Lipinski definition) is 2. The van der Waals surface area contributed by atoms with Gasteiger partial charge < -0.3 is 10.00 Å². The van der Waals surface area contributed by atoms with Crippen LogP contribution in [0.5, 0.6) is 0 Å². The van der Waals surface area contributed by atoms with Crippen LogP contribution < -0.4 is 0 Å². The van der Waals surface area contributed by atoms with Gasteiger partial charge in [0.05, 0.1) is 6.42 Å². The Morgan fingerprint density at radius 1 is 1.38 bits per heavy atom. The van der Waals surface area contributed by atoms with E-state index in [9.17, 15) is 14.3 Å². The Morgan fingerprint density at radius 2 is 2.12 bits per heavy atom. The van der Waals surface area contributed by atoms with Gasteiger partial charge in [0.2, 0.25) is 7.37 Å². The van der Waals surface area contributed by atoms with Crippen molar-refractivity contribution >= 4 is 13.3 Å². The zero-order chi connectivity index (χ0) is 12.0. The average molecular weight is 243 g/mol. The van der Waals surface area contributed by atoms with Gasteiger partial charge in [-0.05, 0) is 18.6 Å². The summed E-state index contributed by atoms with van der Waals surface area (Å²) in [7, 11) is -3.33. The smallest absolute Gasteiger partial charge is 0.303 e. The lowest BCUT2D eigenvalue weighted by Gasteiger charge is -2.09. The Kier molecular flexibility index (Phi) is 4.65. The maximum atomic E-state index is 11.6. The SMILES string of the molecule is O=C(O)CCP(=O)(O)CCc1ccccn1. The third-order valence-corrected chi connectivity index (χ3v) is 3.96. The normalized spacial score (nSPS) is 14.3. The van der Waals surface area contributed by atoms with E-state index in [4.69, 9.17) is 5.11 Å². The molecule has 0 aromatic carbocycles. The summed E-state index contributed by atoms with van der Waals surface area (Å²) in [4.78, 5) is 23.8. The predicted octanol–water partition coefficient (Wildman–Crippen LogP) is 1.37. The summed E-state index contributed by atoms with van der Waals surface area (Å²) in [5.41, 5.74) is 0.743. The molecule has 0 fully saturated rings. The number of aryl methyl sites for hydroxylation is 1. The molecule has 0 spiro atoms. The zero-order valence-electron chi connectivity index (χ0n) is 8.74. The van der Waals surface area contributed by atoms with E-state index in [1.807, 2.05) is 6.07 Å². The Balaban J connectivity index is 2.42. The van der Waals surface area contributed by atoms with Crippen LogP contribution in [0.15, 0.2) is 24.4 Å². The molecule has 5 nitrogen and oxygen atoms in total. The van der Waals surface area contributed by atoms with Gasteiger partial charge in [0.1, 0.15) is 0 Å². The molecule has 6 heteroatoms. The molecule has 1 aromatic rings. The lowest BCUT2D eigenvalue weighted by Crippen LogP contribution is -2.04. The number of carboxylic acid groups (broad SMARTS) is 1. The lowest BCUT2D eigenvalue weighted by atomic mass is 10.3. The van der Waals surface area contributed by atoms with E-state index >= 15 is 0 Å². The monoisotopic (exact) mass is 243 g/mol. The summed E-state index contributed by atoms with van der Waals surface area (Å²) in [6.45, 7) is 0. The molecule has 1 rings (SSSR count). The van der Waals surface area contributed by atoms with Crippen molar-refractivity contribution in [2.45, 2.75) is 12.8 Å². The highest BCUT2D eigenvalue weighted by Gasteiger charge is 2.19. The van der Waals surface area contributed by atoms with Crippen molar-refractivity contribution in [3.05, 3.63) is 30.1 Å². The summed E-state index contributed by atoms with van der Waals surface area (Å²) < 4.78 is 11.6. The van der Waals surface area contributed by atoms with Crippen molar-refractivity contribution in [3.8, 4) is 0 Å². The van der Waals surface area contributed by atoms with Crippen LogP contribution >= 0.6 is 7.37 Å². The van der Waals surface area contributed by atoms with Crippen LogP contribution in [0, 0.1) is 0 Å². The molecule has 0 radical (unpaired) electrons. The highest BCUT2D eigenvalue weighted by Crippen LogP contribution is 2.41. The zero-order valence-corrected chi connectivity index (χ0v) is 9.64. The summed E-state index contributed by atoms with van der Waals surface area (Å²) in [5.74, 6) is -1.05. The number of carbonyl (C=O) groups is 1. The summed E-state index contributed by atoms with van der Waals surface area (Å²) in [6, 6.07) is 5.35. The Bertz CT molecular complexity index is 393. The first kappa shape index (κ1) is 12.9. The van der Waals surface area contributed by atoms with E-state index in [0.717, 1.165) is 5.69 Å². The van der Waals surface area contributed by atoms with E-state index in [0.29, 0.717) is 6.42 Å². The second-order valence-electron chi connectivity index (χ2n) is 3.51. The van der Waals surface area contributed by atoms with E-state index in [2.05, 4.69) is 4.98 Å². The minimum absolute atomic E-state index is 0.0806. The summed E-state index contributed by atoms with van der Waals surface area (Å²) in [5, 5.41) is 8.42. The molecule has 1 aromatic heterocycles. The van der Waals surface area contributed by atoms with Crippen molar-refractivity contribution in [1.29, 1.82) is 0 Å². The van der Waals surface area contributed by atoms with Gasteiger partial charge in [-0.15, -0.1) is 0 Å². The number of hydrogen-bond acceptors (Lipinski definition) is 3. The minimum Gasteiger partial charge on any atom is -0.481 e. The van der Waals surface area contributed by atoms with Crippen LogP contribution in [0.4, 0.5) is 0 Å². The molecule has 88 valence electrons. The number of carboxylic acids is 1. The summed E-state index contributed by atoms with van der Waals surface area (Å²) >= 11 is 0. The maximum absolute atomic E-state index is 11.6. The molecule has 1 heterocycles. The molecular formula is C10H14NO4P. The molecule has 0 amide bonds. The van der Waals surface area contributed by atoms with E-state index in [1.54, 1.807) is 18.3 Å². The van der Waals surface area contributed by atoms with Gasteiger partial charge in [0, 0.05) is 24.2 Å². The second-order valence-corrected chi connectivity index (χ2v) is 6.10. The largest absolute Gasteiger partial charge is 0.481 e. The van der Waals surface area contributed by atoms with Gasteiger partial charge in [-0.25, -0.2) is 0 Å². The topological polar surface area (TPSA) is 87.5 Å². The number of nitrogens with zero attached hydrogens (tertiary/aromatic N) is 1. The molecular weight excluding hydrogens is 229 g/mol. The van der Waals surface area contributed by atoms with E-state index < -0.39 is 13.3 Å². The van der Waals surface area contributed by atoms with Crippen molar-refractivity contribution < 1.29 is 19.4 Å². The third kappa shape index (κ3) is 5.05. The van der Waals surface area contributed by atoms with E-state index in [-0.39, 0.29) is 18.7 Å². The van der Waals surface area contributed by atoms with Crippen molar-refractivity contribution in [1.82, 2.24) is 4.98 Å². The van der Waals surface area contributed by atoms with Crippen LogP contribution in [0.1, 0.15) is 12.1 Å². The van der Waals surface area contributed by atoms with Gasteiger partial charge in [-0.1, -0.05) is 6.07 Å². The first-order valence-corrected chi connectivity index (χ1v) is 6.95. The number of pyridine rings is 1. The van der Waals surface area contributed by atoms with Crippen molar-refractivity contribution in [3.63, 3.8) is 0 Å². The lowest BCUT2D eigenvalue weighted by molar-refractivity contribution is -0.136. The summed E-state index contributed by atoms with van der Waals surface area (Å²) in [6.07, 6.45) is 1.66. The minimum atomic E-state index is -3.33. The van der Waals surface area contributed by atoms with Gasteiger partial charge in [-0.3, -0.25) is 14.3 Å². The number of aromatic nitrogens is 1. The quantitative estimate of drug-likeness (QED) is 0.737. The fraction of sp³-hybridized carbons (Fsp3) is 0.400. The highest BCUT2D eigenvalue weighted by atomic mass is 31.2. The number of aliphatic carboxylic acids is 1. The molecule has 0 saturated heterocycles. The van der Waals surface area contributed by atoms with E-state index in [1.165, 1.54) is 0 Å². The van der Waals surface area contributed by atoms with Crippen molar-refractivity contribution in [2.24, 2.45) is 0 Å². The molecule has 1 atom stereocenters. The Labute approximate surface area is 93.6 Å². The van der Waals surface area contributed by atoms with Gasteiger partial charge >= 0.3 is 5.97 Å². The molecule has 1 unspecified atom stereocenters. The molecule has 0 aliphatic carbocycles. The van der Waals surface area contributed by atoms with Crippen LogP contribution in [0.2, 0.25) is 0 Å². The van der Waals surface area contributed by atoms with Crippen LogP contribution in [0.25, 0.3) is 0 Å². The Hall–Kier alpha value is -1.19. The molecule has 16 heavy (non-hydrogen) atoms. The fourth-order valence-electron chi connectivity index (χ4n) is 1.22. The standard InChI is InChI=1S/C10H14NO4P/c12-10(13)5-8-16(14,15)7-4-9-3-1-2-6-11-9/h1-3,6H,4-5,7-8H2,(H,12,13)(H,14,15). The third-order valence-electron chi connectivity index (χ3n) is 2.12. The van der Waals surface area contributed by atoms with Crippen LogP contribution in [-0.2, 0) is 15.8 Å². The second kappa shape index (κ2) is 5.77. The van der Waals surface area contributed by atoms with Gasteiger partial charge in [0.25, 0.3) is 0 Å². The highest BCUT2D eigenvalue weighted by molar-refractivity contribution is 7.58. The number of rotatable bonds is 6. The fourth-order valence-corrected chi connectivity index (χ4v) is 2.56. The first-order valence-electron chi connectivity index (χ1n) is 4.92. The van der Waals surface area contributed by atoms with Crippen LogP contribution in [0.3, 0.4) is 0 Å². The Morgan fingerprint density at radius 3 is 2.69 bits per heavy atom. The molecule has 0 saturated carbocycles. The van der Waals surface area contributed by atoms with Gasteiger partial charge in [0.15, 0.2) is 0 Å². The molecule has 0 bridgehead atoms. The molecule has 0 aliphatic rings. The predicted molar refractivity (Wildman–Crippen MR) is 59.8 cm³/mol. The van der Waals surface area contributed by atoms with Crippen molar-refractivity contribution in [2.75, 3.05) is 12.3 Å². The molecule has 2 N–H and O–H groups in total. The van der Waals surface area contributed by atoms with Gasteiger partial charge in [-0.2, -0.15) is 0 Å². The first-order chi connectivity index (χ1) is 7.49. The maximum Gasteiger partial charge on any atom is 0.303 e. The van der Waals surface area contributed by atoms with Crippen LogP contribution in [-0.4, -0.2) is 33.3 Å². The average Bonchev–Trinajstić information content (AvgIpc) is 2.26.